The Labute approximate surface area is 71.5 Å². The molecule has 0 atom stereocenters. The van der Waals surface area contributed by atoms with Crippen molar-refractivity contribution in [1.29, 1.82) is 0 Å². The molecule has 0 fully saturated rings. The molecule has 5 heteroatoms. The molecule has 1 heterocycles. The highest BCUT2D eigenvalue weighted by atomic mass is 16.5. The van der Waals surface area contributed by atoms with Gasteiger partial charge in [-0.1, -0.05) is 0 Å². The highest BCUT2D eigenvalue weighted by molar-refractivity contribution is 5.30. The Kier molecular flexibility index (Phi) is 2.67. The number of nitrogens with zero attached hydrogens (tertiary/aromatic N) is 2. The molecule has 0 bridgehead atoms. The molecule has 0 saturated heterocycles. The van der Waals surface area contributed by atoms with E-state index in [-0.39, 0.29) is 0 Å². The van der Waals surface area contributed by atoms with E-state index in [1.165, 1.54) is 0 Å². The Morgan fingerprint density at radius 3 is 2.83 bits per heavy atom. The number of hydrazine groups is 1. The zero-order chi connectivity index (χ0) is 9.14. The zero-order valence-electron chi connectivity index (χ0n) is 7.59. The molecule has 1 aromatic heterocycles. The SMILES string of the molecule is COc1c(CNN)c(C)nn1C. The summed E-state index contributed by atoms with van der Waals surface area (Å²) in [5.74, 6) is 5.97. The van der Waals surface area contributed by atoms with Crippen molar-refractivity contribution < 1.29 is 4.74 Å². The standard InChI is InChI=1S/C7H14N4O/c1-5-6(4-9-8)7(12-3)11(2)10-5/h9H,4,8H2,1-3H3. The van der Waals surface area contributed by atoms with Gasteiger partial charge in [0.2, 0.25) is 5.88 Å². The van der Waals surface area contributed by atoms with Gasteiger partial charge in [0, 0.05) is 13.6 Å². The van der Waals surface area contributed by atoms with Gasteiger partial charge in [0.05, 0.1) is 18.4 Å². The molecule has 5 nitrogen and oxygen atoms in total. The lowest BCUT2D eigenvalue weighted by atomic mass is 10.2. The smallest absolute Gasteiger partial charge is 0.216 e. The van der Waals surface area contributed by atoms with Crippen molar-refractivity contribution in [2.75, 3.05) is 7.11 Å². The van der Waals surface area contributed by atoms with Crippen LogP contribution in [0.15, 0.2) is 0 Å². The lowest BCUT2D eigenvalue weighted by molar-refractivity contribution is 0.368. The van der Waals surface area contributed by atoms with Crippen LogP contribution < -0.4 is 16.0 Å². The molecule has 0 radical (unpaired) electrons. The van der Waals surface area contributed by atoms with Crippen molar-refractivity contribution >= 4 is 0 Å². The second kappa shape index (κ2) is 3.55. The number of ether oxygens (including phenoxy) is 1. The molecule has 1 rings (SSSR count). The van der Waals surface area contributed by atoms with Crippen LogP contribution in [-0.2, 0) is 13.6 Å². The topological polar surface area (TPSA) is 65.1 Å². The molecule has 0 amide bonds. The molecule has 0 spiro atoms. The first kappa shape index (κ1) is 9.02. The third kappa shape index (κ3) is 1.41. The van der Waals surface area contributed by atoms with E-state index in [0.717, 1.165) is 17.1 Å². The highest BCUT2D eigenvalue weighted by Crippen LogP contribution is 2.19. The average molecular weight is 170 g/mol. The van der Waals surface area contributed by atoms with Gasteiger partial charge in [-0.3, -0.25) is 11.3 Å². The third-order valence-electron chi connectivity index (χ3n) is 1.76. The van der Waals surface area contributed by atoms with E-state index in [9.17, 15) is 0 Å². The fourth-order valence-electron chi connectivity index (χ4n) is 1.24. The predicted octanol–water partition coefficient (Wildman–Crippen LogP) is -0.300. The first-order valence-corrected chi connectivity index (χ1v) is 3.70. The van der Waals surface area contributed by atoms with Gasteiger partial charge < -0.3 is 4.74 Å². The largest absolute Gasteiger partial charge is 0.481 e. The lowest BCUT2D eigenvalue weighted by Gasteiger charge is -2.03. The molecular weight excluding hydrogens is 156 g/mol. The second-order valence-corrected chi connectivity index (χ2v) is 2.58. The predicted molar refractivity (Wildman–Crippen MR) is 45.5 cm³/mol. The first-order chi connectivity index (χ1) is 5.70. The van der Waals surface area contributed by atoms with Gasteiger partial charge in [0.1, 0.15) is 0 Å². The van der Waals surface area contributed by atoms with Gasteiger partial charge in [-0.25, -0.2) is 4.68 Å². The Morgan fingerprint density at radius 2 is 2.33 bits per heavy atom. The molecule has 68 valence electrons. The van der Waals surface area contributed by atoms with E-state index in [4.69, 9.17) is 10.6 Å². The maximum atomic E-state index is 5.22. The Morgan fingerprint density at radius 1 is 1.67 bits per heavy atom. The van der Waals surface area contributed by atoms with Crippen LogP contribution >= 0.6 is 0 Å². The highest BCUT2D eigenvalue weighted by Gasteiger charge is 2.11. The summed E-state index contributed by atoms with van der Waals surface area (Å²) in [6, 6.07) is 0. The Balaban J connectivity index is 3.04. The summed E-state index contributed by atoms with van der Waals surface area (Å²) >= 11 is 0. The molecule has 0 aromatic carbocycles. The van der Waals surface area contributed by atoms with E-state index in [1.807, 2.05) is 14.0 Å². The number of aromatic nitrogens is 2. The number of nitrogens with two attached hydrogens (primary N) is 1. The Bertz CT molecular complexity index is 269. The van der Waals surface area contributed by atoms with E-state index in [1.54, 1.807) is 11.8 Å². The van der Waals surface area contributed by atoms with Crippen molar-refractivity contribution in [3.63, 3.8) is 0 Å². The molecule has 0 unspecified atom stereocenters. The van der Waals surface area contributed by atoms with Gasteiger partial charge in [-0.2, -0.15) is 5.10 Å². The van der Waals surface area contributed by atoms with Crippen LogP contribution in [0.4, 0.5) is 0 Å². The third-order valence-corrected chi connectivity index (χ3v) is 1.76. The van der Waals surface area contributed by atoms with E-state index < -0.39 is 0 Å². The normalized spacial score (nSPS) is 10.3. The quantitative estimate of drug-likeness (QED) is 0.483. The van der Waals surface area contributed by atoms with Crippen LogP contribution in [0.25, 0.3) is 0 Å². The minimum atomic E-state index is 0.572. The molecular formula is C7H14N4O. The van der Waals surface area contributed by atoms with Crippen molar-refractivity contribution in [1.82, 2.24) is 15.2 Å². The van der Waals surface area contributed by atoms with Crippen LogP contribution in [-0.4, -0.2) is 16.9 Å². The molecule has 1 aromatic rings. The van der Waals surface area contributed by atoms with Gasteiger partial charge in [-0.15, -0.1) is 0 Å². The maximum absolute atomic E-state index is 5.22. The van der Waals surface area contributed by atoms with Crippen LogP contribution in [0.2, 0.25) is 0 Å². The number of aryl methyl sites for hydroxylation is 2. The summed E-state index contributed by atoms with van der Waals surface area (Å²) in [6.07, 6.45) is 0. The van der Waals surface area contributed by atoms with Gasteiger partial charge in [0.15, 0.2) is 0 Å². The van der Waals surface area contributed by atoms with Crippen molar-refractivity contribution in [3.8, 4) is 5.88 Å². The number of nitrogens with one attached hydrogen (secondary N) is 1. The van der Waals surface area contributed by atoms with E-state index >= 15 is 0 Å². The molecule has 0 saturated carbocycles. The molecule has 0 aliphatic carbocycles. The van der Waals surface area contributed by atoms with E-state index in [0.29, 0.717) is 6.54 Å². The summed E-state index contributed by atoms with van der Waals surface area (Å²) in [7, 11) is 3.46. The van der Waals surface area contributed by atoms with Gasteiger partial charge in [-0.05, 0) is 6.92 Å². The van der Waals surface area contributed by atoms with Gasteiger partial charge in [0.25, 0.3) is 0 Å². The molecule has 3 N–H and O–H groups in total. The maximum Gasteiger partial charge on any atom is 0.216 e. The number of rotatable bonds is 3. The summed E-state index contributed by atoms with van der Waals surface area (Å²) in [4.78, 5) is 0. The summed E-state index contributed by atoms with van der Waals surface area (Å²) in [6.45, 7) is 2.50. The van der Waals surface area contributed by atoms with Crippen LogP contribution in [0.3, 0.4) is 0 Å². The Hall–Kier alpha value is -1.07. The number of hydrogen-bond acceptors (Lipinski definition) is 4. The van der Waals surface area contributed by atoms with Crippen molar-refractivity contribution in [3.05, 3.63) is 11.3 Å². The summed E-state index contributed by atoms with van der Waals surface area (Å²) in [5.41, 5.74) is 4.52. The second-order valence-electron chi connectivity index (χ2n) is 2.58. The average Bonchev–Trinajstić information content (AvgIpc) is 2.28. The van der Waals surface area contributed by atoms with Crippen molar-refractivity contribution in [2.24, 2.45) is 12.9 Å². The molecule has 0 aliphatic rings. The molecule has 0 aliphatic heterocycles. The van der Waals surface area contributed by atoms with Crippen LogP contribution in [0.1, 0.15) is 11.3 Å². The zero-order valence-corrected chi connectivity index (χ0v) is 7.59. The van der Waals surface area contributed by atoms with Crippen LogP contribution in [0.5, 0.6) is 5.88 Å². The van der Waals surface area contributed by atoms with Gasteiger partial charge >= 0.3 is 0 Å². The number of methoxy groups -OCH3 is 1. The number of hydrogen-bond donors (Lipinski definition) is 2. The van der Waals surface area contributed by atoms with Crippen LogP contribution in [0, 0.1) is 6.92 Å². The minimum Gasteiger partial charge on any atom is -0.481 e. The lowest BCUT2D eigenvalue weighted by Crippen LogP contribution is -2.21. The fourth-order valence-corrected chi connectivity index (χ4v) is 1.24. The molecule has 12 heavy (non-hydrogen) atoms. The first-order valence-electron chi connectivity index (χ1n) is 3.70. The van der Waals surface area contributed by atoms with Crippen molar-refractivity contribution in [2.45, 2.75) is 13.5 Å². The summed E-state index contributed by atoms with van der Waals surface area (Å²) < 4.78 is 6.85. The minimum absolute atomic E-state index is 0.572. The summed E-state index contributed by atoms with van der Waals surface area (Å²) in [5, 5.41) is 4.20. The van der Waals surface area contributed by atoms with E-state index in [2.05, 4.69) is 10.5 Å². The monoisotopic (exact) mass is 170 g/mol. The fraction of sp³-hybridized carbons (Fsp3) is 0.571.